The summed E-state index contributed by atoms with van der Waals surface area (Å²) in [6.07, 6.45) is 9.43. The molecule has 0 spiro atoms. The van der Waals surface area contributed by atoms with Crippen molar-refractivity contribution in [2.45, 2.75) is 39.0 Å². The third-order valence-corrected chi connectivity index (χ3v) is 4.40. The fourth-order valence-corrected chi connectivity index (χ4v) is 2.95. The van der Waals surface area contributed by atoms with Crippen molar-refractivity contribution in [3.8, 4) is 0 Å². The van der Waals surface area contributed by atoms with Crippen molar-refractivity contribution in [1.82, 2.24) is 20.5 Å². The number of allylic oxidation sites excluding steroid dienone is 2. The van der Waals surface area contributed by atoms with Gasteiger partial charge >= 0.3 is 0 Å². The molecule has 1 aliphatic rings. The molecular weight excluding hydrogens is 318 g/mol. The van der Waals surface area contributed by atoms with Gasteiger partial charge in [0.2, 0.25) is 11.8 Å². The molecular formula is C18H23N5O2. The van der Waals surface area contributed by atoms with Gasteiger partial charge in [0.15, 0.2) is 5.65 Å². The molecule has 0 bridgehead atoms. The maximum absolute atomic E-state index is 12.0. The molecule has 1 aliphatic carbocycles. The highest BCUT2D eigenvalue weighted by atomic mass is 16.2. The number of anilines is 1. The van der Waals surface area contributed by atoms with E-state index in [1.807, 2.05) is 13.0 Å². The molecule has 7 heteroatoms. The maximum atomic E-state index is 12.0. The van der Waals surface area contributed by atoms with E-state index in [1.165, 1.54) is 0 Å². The number of carbonyl (C=O) groups excluding carboxylic acids is 2. The third kappa shape index (κ3) is 4.43. The number of nitrogens with zero attached hydrogens (tertiary/aromatic N) is 2. The van der Waals surface area contributed by atoms with Crippen molar-refractivity contribution < 1.29 is 9.59 Å². The summed E-state index contributed by atoms with van der Waals surface area (Å²) < 4.78 is 0. The fourth-order valence-electron chi connectivity index (χ4n) is 2.95. The van der Waals surface area contributed by atoms with Crippen molar-refractivity contribution in [3.05, 3.63) is 30.1 Å². The van der Waals surface area contributed by atoms with Crippen molar-refractivity contribution in [2.75, 3.05) is 11.9 Å². The van der Waals surface area contributed by atoms with Gasteiger partial charge in [-0.15, -0.1) is 0 Å². The van der Waals surface area contributed by atoms with E-state index in [0.29, 0.717) is 30.7 Å². The van der Waals surface area contributed by atoms with Crippen molar-refractivity contribution in [1.29, 1.82) is 0 Å². The van der Waals surface area contributed by atoms with Gasteiger partial charge in [-0.3, -0.25) is 14.7 Å². The zero-order chi connectivity index (χ0) is 17.6. The Hall–Kier alpha value is -2.70. The van der Waals surface area contributed by atoms with Gasteiger partial charge in [-0.1, -0.05) is 12.2 Å². The standard InChI is InChI=1S/C18H23N5O2/c1-12-15-10-14(11-20-17(15)23-22-12)21-16(24)8-5-9-19-18(25)13-6-3-2-4-7-13/h2-3,10-11,13H,4-9H2,1H3,(H,19,25)(H,21,24)(H,20,22,23). The van der Waals surface area contributed by atoms with Crippen LogP contribution < -0.4 is 10.6 Å². The van der Waals surface area contributed by atoms with E-state index in [1.54, 1.807) is 6.20 Å². The highest BCUT2D eigenvalue weighted by Gasteiger charge is 2.17. The average molecular weight is 341 g/mol. The van der Waals surface area contributed by atoms with Crippen LogP contribution in [0.15, 0.2) is 24.4 Å². The largest absolute Gasteiger partial charge is 0.356 e. The number of hydrogen-bond acceptors (Lipinski definition) is 4. The van der Waals surface area contributed by atoms with Gasteiger partial charge < -0.3 is 10.6 Å². The number of fused-ring (bicyclic) bond motifs is 1. The predicted molar refractivity (Wildman–Crippen MR) is 96.0 cm³/mol. The summed E-state index contributed by atoms with van der Waals surface area (Å²) >= 11 is 0. The molecule has 2 aromatic rings. The van der Waals surface area contributed by atoms with Gasteiger partial charge in [0.25, 0.3) is 0 Å². The zero-order valence-corrected chi connectivity index (χ0v) is 14.3. The van der Waals surface area contributed by atoms with E-state index in [2.05, 4.69) is 38.0 Å². The van der Waals surface area contributed by atoms with Gasteiger partial charge in [-0.05, 0) is 38.7 Å². The minimum Gasteiger partial charge on any atom is -0.356 e. The summed E-state index contributed by atoms with van der Waals surface area (Å²) in [5.74, 6) is 0.0850. The fraction of sp³-hybridized carbons (Fsp3) is 0.444. The molecule has 132 valence electrons. The van der Waals surface area contributed by atoms with E-state index >= 15 is 0 Å². The first-order chi connectivity index (χ1) is 12.1. The second kappa shape index (κ2) is 7.92. The van der Waals surface area contributed by atoms with E-state index < -0.39 is 0 Å². The highest BCUT2D eigenvalue weighted by molar-refractivity contribution is 5.93. The Balaban J connectivity index is 1.40. The molecule has 2 aromatic heterocycles. The van der Waals surface area contributed by atoms with E-state index in [4.69, 9.17) is 0 Å². The Labute approximate surface area is 146 Å². The summed E-state index contributed by atoms with van der Waals surface area (Å²) in [6.45, 7) is 2.43. The SMILES string of the molecule is Cc1[nH]nc2ncc(NC(=O)CCCNC(=O)C3CC=CCC3)cc12. The minimum absolute atomic E-state index is 0.0785. The van der Waals surface area contributed by atoms with Crippen LogP contribution in [0, 0.1) is 12.8 Å². The number of carbonyl (C=O) groups is 2. The van der Waals surface area contributed by atoms with Crippen molar-refractivity contribution in [3.63, 3.8) is 0 Å². The van der Waals surface area contributed by atoms with Crippen LogP contribution in [0.4, 0.5) is 5.69 Å². The molecule has 0 saturated heterocycles. The lowest BCUT2D eigenvalue weighted by molar-refractivity contribution is -0.125. The third-order valence-electron chi connectivity index (χ3n) is 4.40. The summed E-state index contributed by atoms with van der Waals surface area (Å²) in [5, 5.41) is 13.6. The van der Waals surface area contributed by atoms with Crippen LogP contribution in [0.25, 0.3) is 11.0 Å². The number of nitrogens with one attached hydrogen (secondary N) is 3. The highest BCUT2D eigenvalue weighted by Crippen LogP contribution is 2.18. The summed E-state index contributed by atoms with van der Waals surface area (Å²) in [7, 11) is 0. The van der Waals surface area contributed by atoms with Gasteiger partial charge in [0, 0.05) is 30.0 Å². The molecule has 1 atom stereocenters. The Morgan fingerprint density at radius 1 is 1.36 bits per heavy atom. The first-order valence-corrected chi connectivity index (χ1v) is 8.67. The van der Waals surface area contributed by atoms with E-state index in [-0.39, 0.29) is 17.7 Å². The lowest BCUT2D eigenvalue weighted by Gasteiger charge is -2.17. The van der Waals surface area contributed by atoms with E-state index in [0.717, 1.165) is 30.3 Å². The Kier molecular flexibility index (Phi) is 5.42. The first kappa shape index (κ1) is 17.1. The number of rotatable bonds is 6. The number of aromatic nitrogens is 3. The van der Waals surface area contributed by atoms with Crippen LogP contribution in [0.2, 0.25) is 0 Å². The molecule has 2 heterocycles. The molecule has 0 aliphatic heterocycles. The van der Waals surface area contributed by atoms with Crippen molar-refractivity contribution in [2.24, 2.45) is 5.92 Å². The molecule has 7 nitrogen and oxygen atoms in total. The van der Waals surface area contributed by atoms with E-state index in [9.17, 15) is 9.59 Å². The minimum atomic E-state index is -0.0860. The molecule has 0 saturated carbocycles. The Morgan fingerprint density at radius 2 is 2.24 bits per heavy atom. The first-order valence-electron chi connectivity index (χ1n) is 8.67. The topological polar surface area (TPSA) is 99.8 Å². The lowest BCUT2D eigenvalue weighted by atomic mass is 9.94. The Bertz CT molecular complexity index is 796. The molecule has 0 aromatic carbocycles. The van der Waals surface area contributed by atoms with Gasteiger partial charge in [0.1, 0.15) is 0 Å². The lowest BCUT2D eigenvalue weighted by Crippen LogP contribution is -2.32. The van der Waals surface area contributed by atoms with Gasteiger partial charge in [0.05, 0.1) is 11.9 Å². The van der Waals surface area contributed by atoms with Crippen LogP contribution in [0.5, 0.6) is 0 Å². The summed E-state index contributed by atoms with van der Waals surface area (Å²) in [5.41, 5.74) is 2.20. The molecule has 3 N–H and O–H groups in total. The maximum Gasteiger partial charge on any atom is 0.224 e. The molecule has 0 fully saturated rings. The van der Waals surface area contributed by atoms with Crippen LogP contribution in [-0.2, 0) is 9.59 Å². The summed E-state index contributed by atoms with van der Waals surface area (Å²) in [4.78, 5) is 28.2. The molecule has 0 radical (unpaired) electrons. The number of H-pyrrole nitrogens is 1. The molecule has 1 unspecified atom stereocenters. The Morgan fingerprint density at radius 3 is 3.04 bits per heavy atom. The number of aryl methyl sites for hydroxylation is 1. The van der Waals surface area contributed by atoms with Crippen LogP contribution in [0.3, 0.4) is 0 Å². The van der Waals surface area contributed by atoms with Gasteiger partial charge in [-0.2, -0.15) is 5.10 Å². The number of pyridine rings is 1. The smallest absolute Gasteiger partial charge is 0.224 e. The molecule has 25 heavy (non-hydrogen) atoms. The van der Waals surface area contributed by atoms with Gasteiger partial charge in [-0.25, -0.2) is 4.98 Å². The quantitative estimate of drug-likeness (QED) is 0.555. The predicted octanol–water partition coefficient (Wildman–Crippen LogP) is 2.46. The molecule has 2 amide bonds. The van der Waals surface area contributed by atoms with Crippen LogP contribution in [-0.4, -0.2) is 33.5 Å². The number of amides is 2. The summed E-state index contributed by atoms with van der Waals surface area (Å²) in [6, 6.07) is 1.86. The normalized spacial score (nSPS) is 16.8. The second-order valence-corrected chi connectivity index (χ2v) is 6.37. The number of aromatic amines is 1. The zero-order valence-electron chi connectivity index (χ0n) is 14.3. The monoisotopic (exact) mass is 341 g/mol. The average Bonchev–Trinajstić information content (AvgIpc) is 3.00. The van der Waals surface area contributed by atoms with Crippen LogP contribution >= 0.6 is 0 Å². The second-order valence-electron chi connectivity index (χ2n) is 6.37. The molecule has 3 rings (SSSR count). The van der Waals surface area contributed by atoms with Crippen molar-refractivity contribution >= 4 is 28.5 Å². The number of hydrogen-bond donors (Lipinski definition) is 3. The van der Waals surface area contributed by atoms with Crippen LogP contribution in [0.1, 0.15) is 37.8 Å².